The first-order valence-electron chi connectivity index (χ1n) is 12.2. The molecular formula is C24H50O5. The summed E-state index contributed by atoms with van der Waals surface area (Å²) < 4.78 is 22.4. The molecule has 0 fully saturated rings. The number of hydrogen-bond donors (Lipinski definition) is 1. The fourth-order valence-electron chi connectivity index (χ4n) is 3.46. The van der Waals surface area contributed by atoms with Crippen LogP contribution in [-0.2, 0) is 18.9 Å². The average molecular weight is 419 g/mol. The van der Waals surface area contributed by atoms with Crippen molar-refractivity contribution in [2.75, 3.05) is 52.9 Å². The number of unbranched alkanes of at least 4 members (excludes halogenated alkanes) is 4. The lowest BCUT2D eigenvalue weighted by molar-refractivity contribution is -0.0255. The van der Waals surface area contributed by atoms with Crippen molar-refractivity contribution in [3.8, 4) is 0 Å². The maximum absolute atomic E-state index is 8.61. The van der Waals surface area contributed by atoms with Crippen molar-refractivity contribution in [3.63, 3.8) is 0 Å². The van der Waals surface area contributed by atoms with Crippen LogP contribution in [0.1, 0.15) is 91.4 Å². The van der Waals surface area contributed by atoms with Gasteiger partial charge in [0.05, 0.1) is 59.0 Å². The molecule has 0 saturated heterocycles. The van der Waals surface area contributed by atoms with Gasteiger partial charge in [-0.15, -0.1) is 0 Å². The number of hydrogen-bond acceptors (Lipinski definition) is 5. The summed E-state index contributed by atoms with van der Waals surface area (Å²) in [5, 5.41) is 8.61. The molecule has 0 aliphatic heterocycles. The van der Waals surface area contributed by atoms with Crippen molar-refractivity contribution in [1.82, 2.24) is 0 Å². The summed E-state index contributed by atoms with van der Waals surface area (Å²) in [5.41, 5.74) is 0. The molecule has 0 aromatic rings. The Balaban J connectivity index is 3.87. The Labute approximate surface area is 180 Å². The molecule has 29 heavy (non-hydrogen) atoms. The third-order valence-electron chi connectivity index (χ3n) is 5.38. The second-order valence-corrected chi connectivity index (χ2v) is 7.90. The third kappa shape index (κ3) is 20.8. The van der Waals surface area contributed by atoms with Gasteiger partial charge >= 0.3 is 0 Å². The highest BCUT2D eigenvalue weighted by atomic mass is 16.6. The van der Waals surface area contributed by atoms with Crippen LogP contribution in [0.2, 0.25) is 0 Å². The van der Waals surface area contributed by atoms with E-state index < -0.39 is 0 Å². The summed E-state index contributed by atoms with van der Waals surface area (Å²) in [6.07, 6.45) is 14.5. The van der Waals surface area contributed by atoms with Gasteiger partial charge in [-0.2, -0.15) is 0 Å². The Hall–Kier alpha value is -0.200. The van der Waals surface area contributed by atoms with Crippen molar-refractivity contribution >= 4 is 0 Å². The normalized spacial score (nSPS) is 13.7. The van der Waals surface area contributed by atoms with Crippen molar-refractivity contribution < 1.29 is 24.1 Å². The zero-order valence-electron chi connectivity index (χ0n) is 19.7. The molecule has 0 heterocycles. The van der Waals surface area contributed by atoms with Crippen LogP contribution in [0.4, 0.5) is 0 Å². The Morgan fingerprint density at radius 2 is 1.21 bits per heavy atom. The molecule has 0 aliphatic carbocycles. The monoisotopic (exact) mass is 418 g/mol. The van der Waals surface area contributed by atoms with Gasteiger partial charge in [0.25, 0.3) is 0 Å². The van der Waals surface area contributed by atoms with E-state index in [-0.39, 0.29) is 6.61 Å². The van der Waals surface area contributed by atoms with E-state index in [4.69, 9.17) is 24.1 Å². The summed E-state index contributed by atoms with van der Waals surface area (Å²) in [7, 11) is 0. The van der Waals surface area contributed by atoms with Crippen LogP contribution >= 0.6 is 0 Å². The van der Waals surface area contributed by atoms with E-state index in [0.717, 1.165) is 5.92 Å². The highest BCUT2D eigenvalue weighted by Crippen LogP contribution is 2.22. The van der Waals surface area contributed by atoms with E-state index in [2.05, 4.69) is 20.8 Å². The molecule has 5 heteroatoms. The summed E-state index contributed by atoms with van der Waals surface area (Å²) in [5.74, 6) is 0.853. The minimum Gasteiger partial charge on any atom is -0.394 e. The van der Waals surface area contributed by atoms with Gasteiger partial charge in [0.2, 0.25) is 0 Å². The lowest BCUT2D eigenvalue weighted by Crippen LogP contribution is -2.19. The molecule has 0 aromatic heterocycles. The number of rotatable bonds is 24. The minimum atomic E-state index is 0.0561. The largest absolute Gasteiger partial charge is 0.394 e. The molecule has 0 radical (unpaired) electrons. The Kier molecular flexibility index (Phi) is 23.9. The van der Waals surface area contributed by atoms with Crippen molar-refractivity contribution in [2.45, 2.75) is 97.5 Å². The average Bonchev–Trinajstić information content (AvgIpc) is 2.74. The number of ether oxygens (including phenoxy) is 4. The SMILES string of the molecule is CCCCCCC(CCC(CC)CCCC)OCCOCCOCCOCCO. The predicted molar refractivity (Wildman–Crippen MR) is 121 cm³/mol. The molecular weight excluding hydrogens is 368 g/mol. The van der Waals surface area contributed by atoms with E-state index in [1.165, 1.54) is 70.6 Å². The summed E-state index contributed by atoms with van der Waals surface area (Å²) >= 11 is 0. The standard InChI is InChI=1S/C24H50O5/c1-4-7-9-10-12-24(14-13-23(6-3)11-8-5-2)29-22-21-28-20-19-27-18-17-26-16-15-25/h23-25H,4-22H2,1-3H3. The molecule has 0 bridgehead atoms. The first-order chi connectivity index (χ1) is 14.3. The van der Waals surface area contributed by atoms with Gasteiger partial charge in [-0.05, 0) is 25.2 Å². The molecule has 2 atom stereocenters. The van der Waals surface area contributed by atoms with Gasteiger partial charge in [-0.1, -0.05) is 72.1 Å². The van der Waals surface area contributed by atoms with Crippen molar-refractivity contribution in [3.05, 3.63) is 0 Å². The van der Waals surface area contributed by atoms with Gasteiger partial charge in [0, 0.05) is 0 Å². The highest BCUT2D eigenvalue weighted by molar-refractivity contribution is 4.65. The van der Waals surface area contributed by atoms with Gasteiger partial charge < -0.3 is 24.1 Å². The van der Waals surface area contributed by atoms with Gasteiger partial charge in [0.15, 0.2) is 0 Å². The highest BCUT2D eigenvalue weighted by Gasteiger charge is 2.13. The summed E-state index contributed by atoms with van der Waals surface area (Å²) in [4.78, 5) is 0. The van der Waals surface area contributed by atoms with E-state index >= 15 is 0 Å². The lowest BCUT2D eigenvalue weighted by atomic mass is 9.92. The number of aliphatic hydroxyl groups excluding tert-OH is 1. The molecule has 0 amide bonds. The van der Waals surface area contributed by atoms with E-state index in [1.54, 1.807) is 0 Å². The molecule has 0 saturated carbocycles. The molecule has 176 valence electrons. The fourth-order valence-corrected chi connectivity index (χ4v) is 3.46. The maximum atomic E-state index is 8.61. The molecule has 0 rings (SSSR count). The van der Waals surface area contributed by atoms with Crippen LogP contribution in [-0.4, -0.2) is 64.1 Å². The topological polar surface area (TPSA) is 57.2 Å². The van der Waals surface area contributed by atoms with Crippen LogP contribution in [0, 0.1) is 5.92 Å². The van der Waals surface area contributed by atoms with Crippen LogP contribution in [0.3, 0.4) is 0 Å². The van der Waals surface area contributed by atoms with Gasteiger partial charge in [-0.3, -0.25) is 0 Å². The molecule has 5 nitrogen and oxygen atoms in total. The zero-order chi connectivity index (χ0) is 21.4. The summed E-state index contributed by atoms with van der Waals surface area (Å²) in [6, 6.07) is 0. The maximum Gasteiger partial charge on any atom is 0.0704 e. The van der Waals surface area contributed by atoms with Crippen LogP contribution in [0.15, 0.2) is 0 Å². The molecule has 0 spiro atoms. The molecule has 0 aliphatic rings. The van der Waals surface area contributed by atoms with Crippen LogP contribution < -0.4 is 0 Å². The third-order valence-corrected chi connectivity index (χ3v) is 5.38. The van der Waals surface area contributed by atoms with E-state index in [0.29, 0.717) is 52.4 Å². The second kappa shape index (κ2) is 24.1. The number of aliphatic hydroxyl groups is 1. The van der Waals surface area contributed by atoms with Crippen LogP contribution in [0.5, 0.6) is 0 Å². The van der Waals surface area contributed by atoms with Gasteiger partial charge in [0.1, 0.15) is 0 Å². The quantitative estimate of drug-likeness (QED) is 0.213. The second-order valence-electron chi connectivity index (χ2n) is 7.90. The first-order valence-corrected chi connectivity index (χ1v) is 12.2. The van der Waals surface area contributed by atoms with Crippen molar-refractivity contribution in [1.29, 1.82) is 0 Å². The molecule has 1 N–H and O–H groups in total. The lowest BCUT2D eigenvalue weighted by Gasteiger charge is -2.21. The zero-order valence-corrected chi connectivity index (χ0v) is 19.7. The fraction of sp³-hybridized carbons (Fsp3) is 1.00. The smallest absolute Gasteiger partial charge is 0.0704 e. The predicted octanol–water partition coefficient (Wildman–Crippen LogP) is 5.38. The Bertz CT molecular complexity index is 301. The van der Waals surface area contributed by atoms with E-state index in [9.17, 15) is 0 Å². The van der Waals surface area contributed by atoms with Crippen LogP contribution in [0.25, 0.3) is 0 Å². The molecule has 0 aromatic carbocycles. The van der Waals surface area contributed by atoms with Crippen molar-refractivity contribution in [2.24, 2.45) is 5.92 Å². The first kappa shape index (κ1) is 28.8. The molecule has 2 unspecified atom stereocenters. The Morgan fingerprint density at radius 1 is 0.586 bits per heavy atom. The van der Waals surface area contributed by atoms with E-state index in [1.807, 2.05) is 0 Å². The summed E-state index contributed by atoms with van der Waals surface area (Å²) in [6.45, 7) is 10.8. The van der Waals surface area contributed by atoms with Gasteiger partial charge in [-0.25, -0.2) is 0 Å². The minimum absolute atomic E-state index is 0.0561. The Morgan fingerprint density at radius 3 is 1.79 bits per heavy atom.